The van der Waals surface area contributed by atoms with Gasteiger partial charge in [0, 0.05) is 5.56 Å². The lowest BCUT2D eigenvalue weighted by molar-refractivity contribution is -0.122. The molecule has 2 aromatic carbocycles. The van der Waals surface area contributed by atoms with Gasteiger partial charge in [-0.1, -0.05) is 63.2 Å². The molecule has 2 aromatic rings. The van der Waals surface area contributed by atoms with Gasteiger partial charge in [-0.3, -0.25) is 9.59 Å². The average molecular weight is 442 g/mol. The van der Waals surface area contributed by atoms with Crippen LogP contribution in [-0.4, -0.2) is 38.6 Å². The smallest absolute Gasteiger partial charge is 0.251 e. The molecule has 2 N–H and O–H groups in total. The largest absolute Gasteiger partial charge is 0.341 e. The van der Waals surface area contributed by atoms with Crippen molar-refractivity contribution in [1.29, 1.82) is 5.26 Å². The zero-order chi connectivity index (χ0) is 23.1. The number of sulfone groups is 1. The van der Waals surface area contributed by atoms with Gasteiger partial charge in [0.2, 0.25) is 5.91 Å². The van der Waals surface area contributed by atoms with Crippen molar-refractivity contribution in [1.82, 2.24) is 10.6 Å². The van der Waals surface area contributed by atoms with Crippen LogP contribution in [0.25, 0.3) is 0 Å². The van der Waals surface area contributed by atoms with Crippen LogP contribution < -0.4 is 10.6 Å². The summed E-state index contributed by atoms with van der Waals surface area (Å²) in [6.45, 7) is 5.92. The van der Waals surface area contributed by atoms with Crippen LogP contribution in [0.5, 0.6) is 0 Å². The third kappa shape index (κ3) is 7.54. The van der Waals surface area contributed by atoms with Gasteiger partial charge in [0.15, 0.2) is 9.84 Å². The Labute approximate surface area is 183 Å². The first-order valence-electron chi connectivity index (χ1n) is 9.82. The molecule has 0 heterocycles. The summed E-state index contributed by atoms with van der Waals surface area (Å²) >= 11 is 0. The Balaban J connectivity index is 2.16. The predicted octanol–water partition coefficient (Wildman–Crippen LogP) is 2.34. The van der Waals surface area contributed by atoms with Crippen molar-refractivity contribution >= 4 is 21.7 Å². The summed E-state index contributed by atoms with van der Waals surface area (Å²) < 4.78 is 25.6. The summed E-state index contributed by atoms with van der Waals surface area (Å²) in [6, 6.07) is 15.9. The molecule has 0 aliphatic heterocycles. The minimum absolute atomic E-state index is 0.0525. The summed E-state index contributed by atoms with van der Waals surface area (Å²) in [6.07, 6.45) is 0. The third-order valence-electron chi connectivity index (χ3n) is 4.63. The van der Waals surface area contributed by atoms with Crippen LogP contribution in [-0.2, 0) is 25.8 Å². The van der Waals surface area contributed by atoms with E-state index in [0.29, 0.717) is 11.1 Å². The van der Waals surface area contributed by atoms with E-state index in [0.717, 1.165) is 5.56 Å². The van der Waals surface area contributed by atoms with E-state index in [4.69, 9.17) is 5.26 Å². The lowest BCUT2D eigenvalue weighted by Gasteiger charge is -2.20. The molecule has 0 spiro atoms. The van der Waals surface area contributed by atoms with E-state index < -0.39 is 33.4 Å². The molecule has 2 rings (SSSR count). The number of hydrogen-bond donors (Lipinski definition) is 2. The average Bonchev–Trinajstić information content (AvgIpc) is 2.71. The number of carbonyl (C=O) groups is 2. The van der Waals surface area contributed by atoms with E-state index in [9.17, 15) is 18.0 Å². The Morgan fingerprint density at radius 3 is 2.19 bits per heavy atom. The van der Waals surface area contributed by atoms with Crippen LogP contribution in [0, 0.1) is 11.3 Å². The highest BCUT2D eigenvalue weighted by Gasteiger charge is 2.28. The highest BCUT2D eigenvalue weighted by atomic mass is 32.2. The fourth-order valence-corrected chi connectivity index (χ4v) is 4.49. The van der Waals surface area contributed by atoms with Gasteiger partial charge in [0.25, 0.3) is 5.91 Å². The van der Waals surface area contributed by atoms with Crippen LogP contribution in [0.2, 0.25) is 0 Å². The van der Waals surface area contributed by atoms with E-state index in [-0.39, 0.29) is 17.7 Å². The number of carbonyl (C=O) groups excluding carboxylic acids is 2. The molecular formula is C23H27N3O4S. The summed E-state index contributed by atoms with van der Waals surface area (Å²) in [5, 5.41) is 13.5. The summed E-state index contributed by atoms with van der Waals surface area (Å²) in [5.41, 5.74) is 1.93. The fraction of sp³-hybridized carbons (Fsp3) is 0.348. The van der Waals surface area contributed by atoms with Gasteiger partial charge in [-0.25, -0.2) is 8.42 Å². The molecule has 0 saturated carbocycles. The second kappa shape index (κ2) is 10.2. The SMILES string of the molecule is CC(C)(C)c1ccc(CS(=O)(=O)C[C@H](NC(=O)c2ccccc2)C(=O)NCC#N)cc1. The van der Waals surface area contributed by atoms with E-state index in [1.807, 2.05) is 12.1 Å². The van der Waals surface area contributed by atoms with E-state index in [1.165, 1.54) is 0 Å². The molecule has 164 valence electrons. The number of nitriles is 1. The molecular weight excluding hydrogens is 414 g/mol. The second-order valence-electron chi connectivity index (χ2n) is 8.27. The first-order valence-corrected chi connectivity index (χ1v) is 11.6. The van der Waals surface area contributed by atoms with E-state index in [2.05, 4.69) is 31.4 Å². The van der Waals surface area contributed by atoms with Crippen LogP contribution in [0.1, 0.15) is 42.3 Å². The van der Waals surface area contributed by atoms with Gasteiger partial charge in [0.1, 0.15) is 12.6 Å². The Kier molecular flexibility index (Phi) is 7.95. The van der Waals surface area contributed by atoms with Crippen molar-refractivity contribution in [3.05, 3.63) is 71.3 Å². The first-order chi connectivity index (χ1) is 14.5. The highest BCUT2D eigenvalue weighted by molar-refractivity contribution is 7.90. The Hall–Kier alpha value is -3.18. The van der Waals surface area contributed by atoms with Gasteiger partial charge in [-0.15, -0.1) is 0 Å². The van der Waals surface area contributed by atoms with Crippen molar-refractivity contribution < 1.29 is 18.0 Å². The maximum atomic E-state index is 12.8. The van der Waals surface area contributed by atoms with Gasteiger partial charge in [-0.05, 0) is 28.7 Å². The minimum atomic E-state index is -3.74. The summed E-state index contributed by atoms with van der Waals surface area (Å²) in [4.78, 5) is 24.9. The lowest BCUT2D eigenvalue weighted by atomic mass is 9.87. The van der Waals surface area contributed by atoms with Crippen molar-refractivity contribution in [2.75, 3.05) is 12.3 Å². The molecule has 0 saturated heterocycles. The molecule has 0 aliphatic carbocycles. The standard InChI is InChI=1S/C23H27N3O4S/c1-23(2,3)19-11-9-17(10-12-19)15-31(29,30)16-20(22(28)25-14-13-24)26-21(27)18-7-5-4-6-8-18/h4-12,20H,14-16H2,1-3H3,(H,25,28)(H,26,27)/t20-/m0/s1. The predicted molar refractivity (Wildman–Crippen MR) is 119 cm³/mol. The van der Waals surface area contributed by atoms with Crippen LogP contribution in [0.4, 0.5) is 0 Å². The number of hydrogen-bond acceptors (Lipinski definition) is 5. The number of nitrogens with one attached hydrogen (secondary N) is 2. The topological polar surface area (TPSA) is 116 Å². The molecule has 0 bridgehead atoms. The van der Waals surface area contributed by atoms with E-state index >= 15 is 0 Å². The molecule has 7 nitrogen and oxygen atoms in total. The maximum Gasteiger partial charge on any atom is 0.251 e. The number of amides is 2. The summed E-state index contributed by atoms with van der Waals surface area (Å²) in [5.74, 6) is -2.13. The van der Waals surface area contributed by atoms with Crippen molar-refractivity contribution in [3.63, 3.8) is 0 Å². The monoisotopic (exact) mass is 441 g/mol. The molecule has 0 aromatic heterocycles. The van der Waals surface area contributed by atoms with Crippen molar-refractivity contribution in [3.8, 4) is 6.07 Å². The zero-order valence-electron chi connectivity index (χ0n) is 17.9. The quantitative estimate of drug-likeness (QED) is 0.610. The molecule has 0 aliphatic rings. The Morgan fingerprint density at radius 1 is 1.03 bits per heavy atom. The van der Waals surface area contributed by atoms with Crippen molar-refractivity contribution in [2.45, 2.75) is 38.0 Å². The normalized spacial score (nSPS) is 12.5. The van der Waals surface area contributed by atoms with Gasteiger partial charge < -0.3 is 10.6 Å². The minimum Gasteiger partial charge on any atom is -0.341 e. The second-order valence-corrected chi connectivity index (χ2v) is 10.4. The molecule has 2 amide bonds. The Morgan fingerprint density at radius 2 is 1.65 bits per heavy atom. The summed E-state index contributed by atoms with van der Waals surface area (Å²) in [7, 11) is -3.74. The maximum absolute atomic E-state index is 12.8. The molecule has 31 heavy (non-hydrogen) atoms. The molecule has 0 fully saturated rings. The van der Waals surface area contributed by atoms with Gasteiger partial charge >= 0.3 is 0 Å². The highest BCUT2D eigenvalue weighted by Crippen LogP contribution is 2.22. The molecule has 1 atom stereocenters. The number of benzene rings is 2. The molecule has 8 heteroatoms. The van der Waals surface area contributed by atoms with Gasteiger partial charge in [-0.2, -0.15) is 5.26 Å². The Bertz CT molecular complexity index is 1050. The molecule has 0 unspecified atom stereocenters. The first kappa shape index (κ1) is 24.1. The third-order valence-corrected chi connectivity index (χ3v) is 6.24. The number of nitrogens with zero attached hydrogens (tertiary/aromatic N) is 1. The fourth-order valence-electron chi connectivity index (χ4n) is 2.93. The van der Waals surface area contributed by atoms with E-state index in [1.54, 1.807) is 48.5 Å². The molecule has 0 radical (unpaired) electrons. The zero-order valence-corrected chi connectivity index (χ0v) is 18.7. The van der Waals surface area contributed by atoms with Crippen LogP contribution >= 0.6 is 0 Å². The lowest BCUT2D eigenvalue weighted by Crippen LogP contribution is -2.50. The van der Waals surface area contributed by atoms with Crippen LogP contribution in [0.3, 0.4) is 0 Å². The number of rotatable bonds is 8. The van der Waals surface area contributed by atoms with Crippen molar-refractivity contribution in [2.24, 2.45) is 0 Å². The van der Waals surface area contributed by atoms with Gasteiger partial charge in [0.05, 0.1) is 17.6 Å². The van der Waals surface area contributed by atoms with Crippen LogP contribution in [0.15, 0.2) is 54.6 Å².